The summed E-state index contributed by atoms with van der Waals surface area (Å²) in [6.07, 6.45) is 5.50. The molecule has 6 heteroatoms. The number of ether oxygens (including phenoxy) is 1. The standard InChI is InChI=1S/C26H39N3O2.C5H9N/c1-8-10-17(2)24(29-26(30)23-12-9-11-18(3)28-23)15-19(4)27-16-22-13-14-25(31-7)21(6)20(22)5;1-5-3-2-4-6-5/h9,11-14,17,19,24,27H,8,10,15-16H2,1-7H3,(H,29,30);6H,1-4H2. The molecule has 2 heterocycles. The summed E-state index contributed by atoms with van der Waals surface area (Å²) in [6.45, 7) is 18.4. The number of aryl methyl sites for hydroxylation is 1. The number of amides is 1. The van der Waals surface area contributed by atoms with Crippen molar-refractivity contribution in [1.29, 1.82) is 0 Å². The van der Waals surface area contributed by atoms with Gasteiger partial charge in [0.1, 0.15) is 11.4 Å². The maximum absolute atomic E-state index is 12.8. The van der Waals surface area contributed by atoms with Crippen LogP contribution in [0, 0.1) is 26.7 Å². The molecule has 1 aromatic carbocycles. The Balaban J connectivity index is 0.000000700. The fourth-order valence-corrected chi connectivity index (χ4v) is 4.67. The van der Waals surface area contributed by atoms with E-state index in [-0.39, 0.29) is 18.0 Å². The highest BCUT2D eigenvalue weighted by atomic mass is 16.5. The Hall–Kier alpha value is -2.86. The minimum Gasteiger partial charge on any atom is -0.496 e. The van der Waals surface area contributed by atoms with Gasteiger partial charge in [-0.15, -0.1) is 0 Å². The molecule has 3 rings (SSSR count). The largest absolute Gasteiger partial charge is 0.496 e. The van der Waals surface area contributed by atoms with E-state index in [0.29, 0.717) is 11.6 Å². The molecule has 0 saturated carbocycles. The van der Waals surface area contributed by atoms with E-state index in [4.69, 9.17) is 4.74 Å². The van der Waals surface area contributed by atoms with Crippen molar-refractivity contribution in [2.24, 2.45) is 5.92 Å². The van der Waals surface area contributed by atoms with E-state index in [1.54, 1.807) is 13.2 Å². The summed E-state index contributed by atoms with van der Waals surface area (Å²) in [6, 6.07) is 10.1. The molecule has 0 spiro atoms. The van der Waals surface area contributed by atoms with Crippen molar-refractivity contribution in [1.82, 2.24) is 20.9 Å². The second kappa shape index (κ2) is 15.4. The van der Waals surface area contributed by atoms with Crippen LogP contribution in [0.4, 0.5) is 0 Å². The summed E-state index contributed by atoms with van der Waals surface area (Å²) in [5.41, 5.74) is 6.26. The highest BCUT2D eigenvalue weighted by Crippen LogP contribution is 2.24. The van der Waals surface area contributed by atoms with Gasteiger partial charge in [-0.3, -0.25) is 4.79 Å². The number of benzene rings is 1. The van der Waals surface area contributed by atoms with Gasteiger partial charge in [-0.2, -0.15) is 0 Å². The molecule has 1 amide bonds. The topological polar surface area (TPSA) is 75.3 Å². The number of nitrogens with one attached hydrogen (secondary N) is 3. The van der Waals surface area contributed by atoms with E-state index in [2.05, 4.69) is 68.2 Å². The van der Waals surface area contributed by atoms with Crippen molar-refractivity contribution in [3.05, 3.63) is 70.7 Å². The molecule has 3 N–H and O–H groups in total. The Morgan fingerprint density at radius 2 is 1.92 bits per heavy atom. The normalized spacial score (nSPS) is 15.2. The first kappa shape index (κ1) is 30.4. The zero-order chi connectivity index (χ0) is 27.4. The Morgan fingerprint density at radius 1 is 1.16 bits per heavy atom. The van der Waals surface area contributed by atoms with Crippen LogP contribution in [0.5, 0.6) is 5.75 Å². The third-order valence-electron chi connectivity index (χ3n) is 7.22. The first-order valence-corrected chi connectivity index (χ1v) is 13.7. The molecule has 2 aromatic rings. The quantitative estimate of drug-likeness (QED) is 0.347. The summed E-state index contributed by atoms with van der Waals surface area (Å²) in [7, 11) is 1.71. The lowest BCUT2D eigenvalue weighted by Crippen LogP contribution is -2.44. The number of pyridine rings is 1. The smallest absolute Gasteiger partial charge is 0.270 e. The summed E-state index contributed by atoms with van der Waals surface area (Å²) >= 11 is 0. The molecule has 1 aromatic heterocycles. The van der Waals surface area contributed by atoms with Crippen LogP contribution in [-0.2, 0) is 6.54 Å². The molecule has 204 valence electrons. The molecule has 0 aliphatic carbocycles. The van der Waals surface area contributed by atoms with Crippen LogP contribution >= 0.6 is 0 Å². The average molecular weight is 509 g/mol. The fourth-order valence-electron chi connectivity index (χ4n) is 4.67. The maximum Gasteiger partial charge on any atom is 0.270 e. The monoisotopic (exact) mass is 508 g/mol. The first-order valence-electron chi connectivity index (χ1n) is 13.7. The van der Waals surface area contributed by atoms with E-state index in [1.165, 1.54) is 35.2 Å². The van der Waals surface area contributed by atoms with Crippen molar-refractivity contribution >= 4 is 5.91 Å². The van der Waals surface area contributed by atoms with E-state index < -0.39 is 0 Å². The van der Waals surface area contributed by atoms with Gasteiger partial charge >= 0.3 is 0 Å². The minimum absolute atomic E-state index is 0.0922. The van der Waals surface area contributed by atoms with Crippen LogP contribution in [0.15, 0.2) is 42.6 Å². The Kier molecular flexibility index (Phi) is 12.6. The fraction of sp³-hybridized carbons (Fsp3) is 0.548. The molecule has 6 nitrogen and oxygen atoms in total. The predicted molar refractivity (Wildman–Crippen MR) is 154 cm³/mol. The van der Waals surface area contributed by atoms with Gasteiger partial charge in [0.05, 0.1) is 7.11 Å². The van der Waals surface area contributed by atoms with Gasteiger partial charge in [0.15, 0.2) is 0 Å². The number of aromatic nitrogens is 1. The van der Waals surface area contributed by atoms with Gasteiger partial charge in [-0.25, -0.2) is 4.98 Å². The third kappa shape index (κ3) is 9.84. The van der Waals surface area contributed by atoms with Crippen LogP contribution in [0.25, 0.3) is 0 Å². The van der Waals surface area contributed by atoms with E-state index in [9.17, 15) is 4.79 Å². The van der Waals surface area contributed by atoms with E-state index in [0.717, 1.165) is 43.8 Å². The van der Waals surface area contributed by atoms with E-state index >= 15 is 0 Å². The molecule has 0 bridgehead atoms. The second-order valence-electron chi connectivity index (χ2n) is 10.3. The third-order valence-corrected chi connectivity index (χ3v) is 7.22. The highest BCUT2D eigenvalue weighted by Gasteiger charge is 2.23. The molecular weight excluding hydrogens is 460 g/mol. The number of hydrogen-bond acceptors (Lipinski definition) is 5. The maximum atomic E-state index is 12.8. The number of nitrogens with zero attached hydrogens (tertiary/aromatic N) is 1. The zero-order valence-electron chi connectivity index (χ0n) is 24.0. The lowest BCUT2D eigenvalue weighted by Gasteiger charge is -2.28. The predicted octanol–water partition coefficient (Wildman–Crippen LogP) is 6.00. The van der Waals surface area contributed by atoms with Gasteiger partial charge in [0, 0.05) is 36.6 Å². The number of carbonyl (C=O) groups excluding carboxylic acids is 1. The number of carbonyl (C=O) groups is 1. The van der Waals surface area contributed by atoms with Crippen LogP contribution < -0.4 is 20.7 Å². The van der Waals surface area contributed by atoms with Crippen LogP contribution in [-0.4, -0.2) is 36.6 Å². The minimum atomic E-state index is -0.0922. The average Bonchev–Trinajstić information content (AvgIpc) is 3.36. The molecule has 0 radical (unpaired) electrons. The number of allylic oxidation sites excluding steroid dienone is 1. The number of methoxy groups -OCH3 is 1. The summed E-state index contributed by atoms with van der Waals surface area (Å²) < 4.78 is 5.42. The van der Waals surface area contributed by atoms with Crippen LogP contribution in [0.2, 0.25) is 0 Å². The Labute approximate surface area is 224 Å². The lowest BCUT2D eigenvalue weighted by atomic mass is 9.91. The molecule has 1 aliphatic rings. The van der Waals surface area contributed by atoms with Crippen molar-refractivity contribution in [2.75, 3.05) is 13.7 Å². The van der Waals surface area contributed by atoms with Gasteiger partial charge in [-0.05, 0) is 94.2 Å². The van der Waals surface area contributed by atoms with E-state index in [1.807, 2.05) is 25.1 Å². The first-order chi connectivity index (χ1) is 17.7. The van der Waals surface area contributed by atoms with Gasteiger partial charge < -0.3 is 20.7 Å². The SMILES string of the molecule is C=C1CCCN1.CCCC(C)C(CC(C)NCc1ccc(OC)c(C)c1C)NC(=O)c1cccc(C)n1. The van der Waals surface area contributed by atoms with Gasteiger partial charge in [0.2, 0.25) is 0 Å². The van der Waals surface area contributed by atoms with Crippen molar-refractivity contribution in [3.8, 4) is 5.75 Å². The lowest BCUT2D eigenvalue weighted by molar-refractivity contribution is 0.0910. The summed E-state index contributed by atoms with van der Waals surface area (Å²) in [4.78, 5) is 17.2. The van der Waals surface area contributed by atoms with Crippen LogP contribution in [0.3, 0.4) is 0 Å². The Morgan fingerprint density at radius 3 is 2.49 bits per heavy atom. The summed E-state index contributed by atoms with van der Waals surface area (Å²) in [5.74, 6) is 1.23. The molecule has 1 fully saturated rings. The number of rotatable bonds is 11. The van der Waals surface area contributed by atoms with Crippen molar-refractivity contribution < 1.29 is 9.53 Å². The van der Waals surface area contributed by atoms with Crippen molar-refractivity contribution in [3.63, 3.8) is 0 Å². The molecular formula is C31H48N4O2. The molecule has 3 atom stereocenters. The van der Waals surface area contributed by atoms with Crippen LogP contribution in [0.1, 0.15) is 85.7 Å². The van der Waals surface area contributed by atoms with Gasteiger partial charge in [0.25, 0.3) is 5.91 Å². The molecule has 3 unspecified atom stereocenters. The highest BCUT2D eigenvalue weighted by molar-refractivity contribution is 5.92. The molecule has 37 heavy (non-hydrogen) atoms. The van der Waals surface area contributed by atoms with Gasteiger partial charge in [-0.1, -0.05) is 39.0 Å². The van der Waals surface area contributed by atoms with Crippen molar-refractivity contribution in [2.45, 2.75) is 92.3 Å². The zero-order valence-corrected chi connectivity index (χ0v) is 24.0. The molecule has 1 saturated heterocycles. The summed E-state index contributed by atoms with van der Waals surface area (Å²) in [5, 5.41) is 10.0. The number of hydrogen-bond donors (Lipinski definition) is 3. The second-order valence-corrected chi connectivity index (χ2v) is 10.3. The Bertz CT molecular complexity index is 1010. The molecule has 1 aliphatic heterocycles.